The van der Waals surface area contributed by atoms with Crippen LogP contribution < -0.4 is 10.1 Å². The van der Waals surface area contributed by atoms with Crippen LogP contribution in [0.5, 0.6) is 5.75 Å². The molecule has 2 aromatic rings. The van der Waals surface area contributed by atoms with Crippen molar-refractivity contribution in [3.8, 4) is 5.75 Å². The topological polar surface area (TPSA) is 27.7 Å². The van der Waals surface area contributed by atoms with Crippen molar-refractivity contribution in [1.82, 2.24) is 15.1 Å². The summed E-state index contributed by atoms with van der Waals surface area (Å²) in [6.07, 6.45) is 0. The first kappa shape index (κ1) is 21.7. The maximum absolute atomic E-state index is 13.4. The van der Waals surface area contributed by atoms with Crippen molar-refractivity contribution >= 4 is 0 Å². The first-order valence-corrected chi connectivity index (χ1v) is 11.2. The normalized spacial score (nSPS) is 22.3. The van der Waals surface area contributed by atoms with Crippen LogP contribution in [0.1, 0.15) is 25.0 Å². The van der Waals surface area contributed by atoms with Gasteiger partial charge in [0.05, 0.1) is 12.4 Å². The lowest BCUT2D eigenvalue weighted by atomic mass is 10.2. The molecule has 5 heteroatoms. The predicted octanol–water partition coefficient (Wildman–Crippen LogP) is 4.48. The summed E-state index contributed by atoms with van der Waals surface area (Å²) in [5, 5.41) is 3.53. The largest absolute Gasteiger partial charge is 0.493 e. The molecule has 2 aliphatic rings. The molecule has 0 spiro atoms. The van der Waals surface area contributed by atoms with E-state index in [1.165, 1.54) is 17.7 Å². The van der Waals surface area contributed by atoms with Crippen LogP contribution in [0.4, 0.5) is 4.39 Å². The van der Waals surface area contributed by atoms with Gasteiger partial charge in [0.15, 0.2) is 0 Å². The van der Waals surface area contributed by atoms with E-state index in [1.807, 2.05) is 24.3 Å². The molecule has 1 aliphatic heterocycles. The van der Waals surface area contributed by atoms with E-state index in [-0.39, 0.29) is 5.82 Å². The van der Waals surface area contributed by atoms with Crippen molar-refractivity contribution in [1.29, 1.82) is 0 Å². The minimum absolute atomic E-state index is 0.196. The minimum atomic E-state index is -0.196. The number of likely N-dealkylation sites (tertiary alicyclic amines) is 1. The van der Waals surface area contributed by atoms with Gasteiger partial charge in [-0.3, -0.25) is 0 Å². The van der Waals surface area contributed by atoms with Gasteiger partial charge in [-0.2, -0.15) is 0 Å². The third kappa shape index (κ3) is 5.40. The number of piperidine rings is 1. The Morgan fingerprint density at radius 1 is 1.10 bits per heavy atom. The molecule has 0 radical (unpaired) electrons. The molecule has 1 N–H and O–H groups in total. The molecular formula is C26H34FN3O. The number of nitrogens with one attached hydrogen (secondary N) is 1. The SMILES string of the molecule is C=C(NCc1ccc(OCC(C)C)cc1)N(Cc1ccc(F)cc1)[C@@H]1[C@@H]2CN(C)C[C@@H]21. The summed E-state index contributed by atoms with van der Waals surface area (Å²) in [6.45, 7) is 13.1. The molecule has 2 aromatic carbocycles. The summed E-state index contributed by atoms with van der Waals surface area (Å²) < 4.78 is 19.1. The second-order valence-corrected chi connectivity index (χ2v) is 9.44. The van der Waals surface area contributed by atoms with E-state index in [9.17, 15) is 4.39 Å². The molecule has 4 nitrogen and oxygen atoms in total. The maximum atomic E-state index is 13.4. The summed E-state index contributed by atoms with van der Waals surface area (Å²) >= 11 is 0. The van der Waals surface area contributed by atoms with Crippen molar-refractivity contribution < 1.29 is 9.13 Å². The smallest absolute Gasteiger partial charge is 0.123 e. The van der Waals surface area contributed by atoms with Crippen LogP contribution in [0.2, 0.25) is 0 Å². The van der Waals surface area contributed by atoms with Gasteiger partial charge in [0.2, 0.25) is 0 Å². The van der Waals surface area contributed by atoms with E-state index >= 15 is 0 Å². The predicted molar refractivity (Wildman–Crippen MR) is 123 cm³/mol. The molecule has 1 heterocycles. The Balaban J connectivity index is 1.37. The number of ether oxygens (including phenoxy) is 1. The summed E-state index contributed by atoms with van der Waals surface area (Å²) in [5.74, 6) is 3.55. The zero-order valence-electron chi connectivity index (χ0n) is 18.9. The van der Waals surface area contributed by atoms with Crippen molar-refractivity contribution in [3.63, 3.8) is 0 Å². The number of halogens is 1. The fourth-order valence-electron chi connectivity index (χ4n) is 4.61. The molecule has 0 unspecified atom stereocenters. The van der Waals surface area contributed by atoms with Crippen LogP contribution >= 0.6 is 0 Å². The van der Waals surface area contributed by atoms with E-state index < -0.39 is 0 Å². The highest BCUT2D eigenvalue weighted by atomic mass is 19.1. The van der Waals surface area contributed by atoms with Crippen LogP contribution in [-0.2, 0) is 13.1 Å². The second kappa shape index (κ2) is 9.31. The second-order valence-electron chi connectivity index (χ2n) is 9.44. The Labute approximate surface area is 185 Å². The highest BCUT2D eigenvalue weighted by Gasteiger charge is 2.57. The number of benzene rings is 2. The van der Waals surface area contributed by atoms with Crippen molar-refractivity contribution in [2.45, 2.75) is 33.0 Å². The van der Waals surface area contributed by atoms with Crippen LogP contribution in [0.25, 0.3) is 0 Å². The van der Waals surface area contributed by atoms with Gasteiger partial charge in [0.1, 0.15) is 11.6 Å². The van der Waals surface area contributed by atoms with Gasteiger partial charge < -0.3 is 19.9 Å². The van der Waals surface area contributed by atoms with Crippen LogP contribution in [0.3, 0.4) is 0 Å². The molecule has 1 aliphatic carbocycles. The lowest BCUT2D eigenvalue weighted by molar-refractivity contribution is 0.237. The fourth-order valence-corrected chi connectivity index (χ4v) is 4.61. The third-order valence-electron chi connectivity index (χ3n) is 6.31. The Hall–Kier alpha value is -2.53. The van der Waals surface area contributed by atoms with E-state index in [4.69, 9.17) is 4.74 Å². The third-order valence-corrected chi connectivity index (χ3v) is 6.31. The Bertz CT molecular complexity index is 869. The molecule has 0 aromatic heterocycles. The quantitative estimate of drug-likeness (QED) is 0.610. The molecule has 2 fully saturated rings. The number of nitrogens with zero attached hydrogens (tertiary/aromatic N) is 2. The maximum Gasteiger partial charge on any atom is 0.123 e. The van der Waals surface area contributed by atoms with Crippen LogP contribution in [0.15, 0.2) is 60.9 Å². The van der Waals surface area contributed by atoms with Crippen molar-refractivity contribution in [3.05, 3.63) is 77.9 Å². The highest BCUT2D eigenvalue weighted by molar-refractivity contribution is 5.28. The minimum Gasteiger partial charge on any atom is -0.493 e. The van der Waals surface area contributed by atoms with Gasteiger partial charge in [-0.25, -0.2) is 4.39 Å². The first-order chi connectivity index (χ1) is 14.9. The zero-order chi connectivity index (χ0) is 22.0. The fraction of sp³-hybridized carbons (Fsp3) is 0.462. The molecule has 166 valence electrons. The summed E-state index contributed by atoms with van der Waals surface area (Å²) in [6, 6.07) is 15.6. The zero-order valence-corrected chi connectivity index (χ0v) is 18.9. The Morgan fingerprint density at radius 3 is 2.32 bits per heavy atom. The summed E-state index contributed by atoms with van der Waals surface area (Å²) in [4.78, 5) is 4.79. The molecule has 1 saturated carbocycles. The van der Waals surface area contributed by atoms with Gasteiger partial charge >= 0.3 is 0 Å². The molecule has 0 bridgehead atoms. The van der Waals surface area contributed by atoms with E-state index in [2.05, 4.69) is 54.7 Å². The average molecular weight is 424 g/mol. The van der Waals surface area contributed by atoms with E-state index in [1.54, 1.807) is 0 Å². The van der Waals surface area contributed by atoms with Crippen molar-refractivity contribution in [2.24, 2.45) is 17.8 Å². The standard InChI is InChI=1S/C26H34FN3O/c1-18(2)17-31-23-11-7-20(8-12-23)13-28-19(3)30(14-21-5-9-22(27)10-6-21)26-24-15-29(4)16-25(24)26/h5-12,18,24-26,28H,3,13-17H2,1-2,4H3/t24-,25+,26-. The monoisotopic (exact) mass is 423 g/mol. The van der Waals surface area contributed by atoms with Crippen LogP contribution in [0, 0.1) is 23.6 Å². The van der Waals surface area contributed by atoms with Gasteiger partial charge in [0.25, 0.3) is 0 Å². The molecule has 31 heavy (non-hydrogen) atoms. The van der Waals surface area contributed by atoms with E-state index in [0.717, 1.165) is 43.4 Å². The molecule has 4 rings (SSSR count). The van der Waals surface area contributed by atoms with Gasteiger partial charge in [0, 0.05) is 32.2 Å². The Morgan fingerprint density at radius 2 is 1.71 bits per heavy atom. The molecule has 3 atom stereocenters. The number of fused-ring (bicyclic) bond motifs is 1. The van der Waals surface area contributed by atoms with Gasteiger partial charge in [-0.05, 0) is 60.2 Å². The molecule has 0 amide bonds. The molecule has 1 saturated heterocycles. The highest BCUT2D eigenvalue weighted by Crippen LogP contribution is 2.49. The van der Waals surface area contributed by atoms with Crippen LogP contribution in [-0.4, -0.2) is 42.6 Å². The number of hydrogen-bond donors (Lipinski definition) is 1. The first-order valence-electron chi connectivity index (χ1n) is 11.2. The summed E-state index contributed by atoms with van der Waals surface area (Å²) in [5.41, 5.74) is 2.30. The van der Waals surface area contributed by atoms with Gasteiger partial charge in [-0.15, -0.1) is 0 Å². The number of hydrogen-bond acceptors (Lipinski definition) is 4. The van der Waals surface area contributed by atoms with Crippen molar-refractivity contribution in [2.75, 3.05) is 26.7 Å². The van der Waals surface area contributed by atoms with Gasteiger partial charge in [-0.1, -0.05) is 44.7 Å². The Kier molecular flexibility index (Phi) is 6.51. The number of rotatable bonds is 10. The average Bonchev–Trinajstić information content (AvgIpc) is 3.25. The van der Waals surface area contributed by atoms with E-state index in [0.29, 0.717) is 30.3 Å². The lowest BCUT2D eigenvalue weighted by Crippen LogP contribution is -2.37. The summed E-state index contributed by atoms with van der Waals surface area (Å²) in [7, 11) is 2.19. The lowest BCUT2D eigenvalue weighted by Gasteiger charge is -2.30. The molecular weight excluding hydrogens is 389 g/mol.